The summed E-state index contributed by atoms with van der Waals surface area (Å²) in [6, 6.07) is 7.46. The zero-order chi connectivity index (χ0) is 26.8. The molecule has 0 bridgehead atoms. The highest BCUT2D eigenvalue weighted by Gasteiger charge is 2.29. The van der Waals surface area contributed by atoms with Gasteiger partial charge >= 0.3 is 0 Å². The number of benzene rings is 1. The van der Waals surface area contributed by atoms with Crippen LogP contribution in [0.25, 0.3) is 0 Å². The first-order chi connectivity index (χ1) is 16.8. The number of ether oxygens (including phenoxy) is 3. The number of nitrogens with one attached hydrogen (secondary N) is 1. The number of carbonyl (C=O) groups is 1. The van der Waals surface area contributed by atoms with Gasteiger partial charge in [-0.05, 0) is 24.6 Å². The fourth-order valence-corrected chi connectivity index (χ4v) is 3.43. The molecule has 2 aliphatic rings. The average Bonchev–Trinajstić information content (AvgIpc) is 2.86. The van der Waals surface area contributed by atoms with Crippen molar-refractivity contribution in [2.75, 3.05) is 27.4 Å². The van der Waals surface area contributed by atoms with E-state index in [1.54, 1.807) is 0 Å². The molecule has 2 saturated heterocycles. The molecule has 9 N–H and O–H groups in total. The zero-order valence-electron chi connectivity index (χ0n) is 20.6. The van der Waals surface area contributed by atoms with Crippen molar-refractivity contribution in [2.45, 2.75) is 75.6 Å². The van der Waals surface area contributed by atoms with Gasteiger partial charge in [-0.25, -0.2) is 0 Å². The van der Waals surface area contributed by atoms with Crippen LogP contribution in [-0.4, -0.2) is 101 Å². The lowest BCUT2D eigenvalue weighted by molar-refractivity contribution is -0.184. The van der Waals surface area contributed by atoms with Crippen LogP contribution in [0.15, 0.2) is 24.3 Å². The molecule has 0 saturated carbocycles. The van der Waals surface area contributed by atoms with Crippen LogP contribution >= 0.6 is 0 Å². The van der Waals surface area contributed by atoms with Crippen LogP contribution in [0.1, 0.15) is 44.2 Å². The van der Waals surface area contributed by atoms with Gasteiger partial charge in [0.2, 0.25) is 12.7 Å². The minimum Gasteiger partial charge on any atom is -0.465 e. The molecule has 12 nitrogen and oxygen atoms in total. The Kier molecular flexibility index (Phi) is 18.3. The molecule has 2 heterocycles. The van der Waals surface area contributed by atoms with Crippen LogP contribution in [0.2, 0.25) is 0 Å². The van der Waals surface area contributed by atoms with Gasteiger partial charge in [-0.15, -0.1) is 0 Å². The fraction of sp³-hybridized carbons (Fsp3) is 0.696. The van der Waals surface area contributed by atoms with Gasteiger partial charge in [0.05, 0.1) is 37.6 Å². The second kappa shape index (κ2) is 19.3. The summed E-state index contributed by atoms with van der Waals surface area (Å²) in [4.78, 5) is 10.0. The van der Waals surface area contributed by atoms with Crippen molar-refractivity contribution < 1.29 is 49.6 Å². The van der Waals surface area contributed by atoms with E-state index in [0.29, 0.717) is 37.8 Å². The Labute approximate surface area is 206 Å². The highest BCUT2D eigenvalue weighted by molar-refractivity contribution is 5.46. The van der Waals surface area contributed by atoms with Crippen LogP contribution < -0.4 is 15.8 Å². The first-order valence-electron chi connectivity index (χ1n) is 11.3. The molecular formula is C23H42N2O10. The minimum absolute atomic E-state index is 0.0134. The van der Waals surface area contributed by atoms with Gasteiger partial charge in [0, 0.05) is 45.9 Å². The monoisotopic (exact) mass is 506 g/mol. The lowest BCUT2D eigenvalue weighted by atomic mass is 10.1. The fourth-order valence-electron chi connectivity index (χ4n) is 3.43. The van der Waals surface area contributed by atoms with Crippen molar-refractivity contribution in [1.29, 1.82) is 0 Å². The molecule has 0 aromatic heterocycles. The molecule has 0 aliphatic carbocycles. The topological polar surface area (TPSA) is 204 Å². The number of rotatable bonds is 7. The van der Waals surface area contributed by atoms with Crippen molar-refractivity contribution in [3.8, 4) is 5.75 Å². The highest BCUT2D eigenvalue weighted by atomic mass is 16.7. The van der Waals surface area contributed by atoms with Crippen molar-refractivity contribution >= 4 is 6.41 Å². The summed E-state index contributed by atoms with van der Waals surface area (Å²) in [6.45, 7) is 1.68. The van der Waals surface area contributed by atoms with E-state index in [1.807, 2.05) is 31.2 Å². The second-order valence-electron chi connectivity index (χ2n) is 7.81. The summed E-state index contributed by atoms with van der Waals surface area (Å²) < 4.78 is 16.4. The number of amides is 1. The highest BCUT2D eigenvalue weighted by Crippen LogP contribution is 2.24. The maximum Gasteiger partial charge on any atom is 0.209 e. The van der Waals surface area contributed by atoms with Gasteiger partial charge in [0.15, 0.2) is 0 Å². The van der Waals surface area contributed by atoms with Gasteiger partial charge in [-0.3, -0.25) is 4.79 Å². The van der Waals surface area contributed by atoms with E-state index >= 15 is 0 Å². The third-order valence-corrected chi connectivity index (χ3v) is 5.06. The minimum atomic E-state index is -0.526. The predicted octanol–water partition coefficient (Wildman–Crippen LogP) is -1.25. The third-order valence-electron chi connectivity index (χ3n) is 5.06. The molecule has 2 unspecified atom stereocenters. The Hall–Kier alpha value is -1.87. The van der Waals surface area contributed by atoms with Crippen LogP contribution in [0.5, 0.6) is 5.75 Å². The van der Waals surface area contributed by atoms with Crippen LogP contribution in [0.3, 0.4) is 0 Å². The first-order valence-corrected chi connectivity index (χ1v) is 11.3. The molecule has 7 atom stereocenters. The van der Waals surface area contributed by atoms with E-state index in [4.69, 9.17) is 40.4 Å². The van der Waals surface area contributed by atoms with E-state index in [2.05, 4.69) is 5.32 Å². The molecule has 1 aromatic carbocycles. The molecule has 204 valence electrons. The quantitative estimate of drug-likeness (QED) is 0.205. The lowest BCUT2D eigenvalue weighted by Crippen LogP contribution is -2.44. The number of aliphatic hydroxyl groups excluding tert-OH is 6. The SMILES string of the molecule is CC(N)c1ccc(O[C@H]2C[C@@H](O)C[C@@H](CO)O2)cc1.CO.CO.O=CN[C@H]1C[C@@H](O)CC(CO)O1. The maximum absolute atomic E-state index is 10.0. The molecule has 0 radical (unpaired) electrons. The van der Waals surface area contributed by atoms with Gasteiger partial charge in [0.1, 0.15) is 12.0 Å². The normalized spacial score (nSPS) is 28.4. The van der Waals surface area contributed by atoms with Crippen molar-refractivity contribution in [1.82, 2.24) is 5.32 Å². The molecule has 0 spiro atoms. The van der Waals surface area contributed by atoms with Crippen molar-refractivity contribution in [2.24, 2.45) is 5.73 Å². The lowest BCUT2D eigenvalue weighted by Gasteiger charge is -2.32. The van der Waals surface area contributed by atoms with E-state index in [9.17, 15) is 15.0 Å². The van der Waals surface area contributed by atoms with Crippen LogP contribution in [0, 0.1) is 0 Å². The number of hydrogen-bond acceptors (Lipinski definition) is 11. The molecule has 2 aliphatic heterocycles. The summed E-state index contributed by atoms with van der Waals surface area (Å²) in [5.74, 6) is 0.667. The number of hydrogen-bond donors (Lipinski definition) is 8. The largest absolute Gasteiger partial charge is 0.465 e. The number of carbonyl (C=O) groups excluding carboxylic acids is 1. The van der Waals surface area contributed by atoms with Gasteiger partial charge in [-0.1, -0.05) is 12.1 Å². The molecule has 2 fully saturated rings. The van der Waals surface area contributed by atoms with E-state index in [1.165, 1.54) is 0 Å². The molecule has 12 heteroatoms. The standard InChI is InChI=1S/C14H21NO4.C7H13NO4.2CH4O/c1-9(15)10-2-4-12(5-3-10)18-14-7-11(17)6-13(8-16)19-14;9-3-6-1-5(11)2-7(12-6)8-4-10;2*1-2/h2-5,9,11,13-14,16-17H,6-8,15H2,1H3;4-7,9,11H,1-3H2,(H,8,10);2*2H,1H3/t9?,11-,13-,14+;5-,6?,7+;;/m00../s1. The molecule has 35 heavy (non-hydrogen) atoms. The first kappa shape index (κ1) is 33.1. The summed E-state index contributed by atoms with van der Waals surface area (Å²) in [6.07, 6.45) is -0.549. The van der Waals surface area contributed by atoms with Gasteiger partial charge in [0.25, 0.3) is 0 Å². The number of aliphatic hydroxyl groups is 6. The summed E-state index contributed by atoms with van der Waals surface area (Å²) in [5, 5.41) is 53.2. The van der Waals surface area contributed by atoms with Gasteiger partial charge < -0.3 is 55.9 Å². The molecule has 1 aromatic rings. The van der Waals surface area contributed by atoms with E-state index < -0.39 is 24.7 Å². The summed E-state index contributed by atoms with van der Waals surface area (Å²) >= 11 is 0. The molecule has 3 rings (SSSR count). The van der Waals surface area contributed by atoms with Crippen LogP contribution in [0.4, 0.5) is 0 Å². The Morgan fingerprint density at radius 1 is 0.971 bits per heavy atom. The Morgan fingerprint density at radius 2 is 1.49 bits per heavy atom. The van der Waals surface area contributed by atoms with Crippen molar-refractivity contribution in [3.63, 3.8) is 0 Å². The smallest absolute Gasteiger partial charge is 0.209 e. The molecule has 1 amide bonds. The Morgan fingerprint density at radius 3 is 1.97 bits per heavy atom. The summed E-state index contributed by atoms with van der Waals surface area (Å²) in [5.41, 5.74) is 6.81. The third kappa shape index (κ3) is 13.1. The average molecular weight is 507 g/mol. The van der Waals surface area contributed by atoms with Gasteiger partial charge in [-0.2, -0.15) is 0 Å². The molecular weight excluding hydrogens is 464 g/mol. The zero-order valence-corrected chi connectivity index (χ0v) is 20.6. The maximum atomic E-state index is 10.0. The second-order valence-corrected chi connectivity index (χ2v) is 7.81. The summed E-state index contributed by atoms with van der Waals surface area (Å²) in [7, 11) is 2.00. The van der Waals surface area contributed by atoms with E-state index in [-0.39, 0.29) is 31.5 Å². The Balaban J connectivity index is 0.000000623. The number of nitrogens with two attached hydrogens (primary N) is 1. The van der Waals surface area contributed by atoms with Crippen molar-refractivity contribution in [3.05, 3.63) is 29.8 Å². The van der Waals surface area contributed by atoms with Crippen LogP contribution in [-0.2, 0) is 14.3 Å². The Bertz CT molecular complexity index is 650. The predicted molar refractivity (Wildman–Crippen MR) is 127 cm³/mol. The van der Waals surface area contributed by atoms with E-state index in [0.717, 1.165) is 19.8 Å².